The SMILES string of the molecule is COc1ccc2c(c1)O[C@H](C)C/C2=N/OC(=O)c1cccc(F)c1. The van der Waals surface area contributed by atoms with Crippen LogP contribution in [0.1, 0.15) is 29.3 Å². The van der Waals surface area contributed by atoms with Gasteiger partial charge in [-0.15, -0.1) is 0 Å². The second-order valence-corrected chi connectivity index (χ2v) is 5.42. The summed E-state index contributed by atoms with van der Waals surface area (Å²) >= 11 is 0. The van der Waals surface area contributed by atoms with Gasteiger partial charge in [0.1, 0.15) is 23.4 Å². The molecule has 24 heavy (non-hydrogen) atoms. The summed E-state index contributed by atoms with van der Waals surface area (Å²) < 4.78 is 24.1. The highest BCUT2D eigenvalue weighted by Gasteiger charge is 2.23. The van der Waals surface area contributed by atoms with E-state index in [9.17, 15) is 9.18 Å². The van der Waals surface area contributed by atoms with Gasteiger partial charge in [-0.05, 0) is 37.3 Å². The molecule has 0 spiro atoms. The van der Waals surface area contributed by atoms with Crippen LogP contribution in [0.4, 0.5) is 4.39 Å². The fourth-order valence-electron chi connectivity index (χ4n) is 2.46. The Labute approximate surface area is 138 Å². The maximum absolute atomic E-state index is 13.2. The summed E-state index contributed by atoms with van der Waals surface area (Å²) in [6, 6.07) is 10.6. The zero-order valence-corrected chi connectivity index (χ0v) is 13.3. The van der Waals surface area contributed by atoms with E-state index in [-0.39, 0.29) is 11.7 Å². The number of carbonyl (C=O) groups is 1. The fourth-order valence-corrected chi connectivity index (χ4v) is 2.46. The van der Waals surface area contributed by atoms with Crippen molar-refractivity contribution in [1.29, 1.82) is 0 Å². The Hall–Kier alpha value is -2.89. The monoisotopic (exact) mass is 329 g/mol. The van der Waals surface area contributed by atoms with E-state index in [1.165, 1.54) is 18.2 Å². The molecule has 1 heterocycles. The maximum Gasteiger partial charge on any atom is 0.365 e. The fraction of sp³-hybridized carbons (Fsp3) is 0.222. The largest absolute Gasteiger partial charge is 0.497 e. The van der Waals surface area contributed by atoms with Gasteiger partial charge in [0, 0.05) is 18.1 Å². The minimum Gasteiger partial charge on any atom is -0.497 e. The summed E-state index contributed by atoms with van der Waals surface area (Å²) in [6.45, 7) is 1.90. The van der Waals surface area contributed by atoms with Crippen LogP contribution in [0, 0.1) is 5.82 Å². The lowest BCUT2D eigenvalue weighted by Crippen LogP contribution is -2.25. The van der Waals surface area contributed by atoms with Gasteiger partial charge in [-0.2, -0.15) is 0 Å². The number of hydrogen-bond donors (Lipinski definition) is 0. The number of hydrogen-bond acceptors (Lipinski definition) is 5. The minimum absolute atomic E-state index is 0.106. The van der Waals surface area contributed by atoms with E-state index in [0.717, 1.165) is 11.6 Å². The lowest BCUT2D eigenvalue weighted by atomic mass is 10.0. The predicted molar refractivity (Wildman–Crippen MR) is 86.1 cm³/mol. The smallest absolute Gasteiger partial charge is 0.365 e. The molecule has 2 aromatic carbocycles. The maximum atomic E-state index is 13.2. The van der Waals surface area contributed by atoms with Crippen molar-refractivity contribution in [3.05, 3.63) is 59.4 Å². The first-order valence-corrected chi connectivity index (χ1v) is 7.45. The highest BCUT2D eigenvalue weighted by atomic mass is 19.1. The van der Waals surface area contributed by atoms with E-state index in [4.69, 9.17) is 14.3 Å². The molecular formula is C18H16FNO4. The van der Waals surface area contributed by atoms with Crippen molar-refractivity contribution in [1.82, 2.24) is 0 Å². The molecule has 0 bridgehead atoms. The molecule has 1 atom stereocenters. The molecule has 2 aromatic rings. The predicted octanol–water partition coefficient (Wildman–Crippen LogP) is 3.57. The molecule has 1 aliphatic rings. The molecule has 1 aliphatic heterocycles. The molecule has 124 valence electrons. The number of methoxy groups -OCH3 is 1. The van der Waals surface area contributed by atoms with E-state index in [1.807, 2.05) is 6.92 Å². The highest BCUT2D eigenvalue weighted by molar-refractivity contribution is 6.04. The first-order chi connectivity index (χ1) is 11.6. The average Bonchev–Trinajstić information content (AvgIpc) is 2.58. The van der Waals surface area contributed by atoms with Crippen molar-refractivity contribution in [2.24, 2.45) is 5.16 Å². The second-order valence-electron chi connectivity index (χ2n) is 5.42. The van der Waals surface area contributed by atoms with Crippen LogP contribution in [-0.2, 0) is 4.84 Å². The van der Waals surface area contributed by atoms with Crippen LogP contribution in [-0.4, -0.2) is 24.9 Å². The standard InChI is InChI=1S/C18H16FNO4/c1-11-8-16(15-7-6-14(22-2)10-17(15)23-11)20-24-18(21)12-4-3-5-13(19)9-12/h3-7,9-11H,8H2,1-2H3/b20-16-/t11-/m1/s1. The van der Waals surface area contributed by atoms with Crippen LogP contribution in [0.3, 0.4) is 0 Å². The van der Waals surface area contributed by atoms with Gasteiger partial charge in [0.15, 0.2) is 0 Å². The summed E-state index contributed by atoms with van der Waals surface area (Å²) in [5.41, 5.74) is 1.44. The Bertz CT molecular complexity index is 803. The van der Waals surface area contributed by atoms with Gasteiger partial charge in [0.2, 0.25) is 0 Å². The summed E-state index contributed by atoms with van der Waals surface area (Å²) in [5.74, 6) is 0.0676. The summed E-state index contributed by atoms with van der Waals surface area (Å²) in [7, 11) is 1.57. The van der Waals surface area contributed by atoms with Crippen LogP contribution in [0.2, 0.25) is 0 Å². The number of rotatable bonds is 3. The van der Waals surface area contributed by atoms with Gasteiger partial charge >= 0.3 is 5.97 Å². The van der Waals surface area contributed by atoms with Crippen LogP contribution in [0.25, 0.3) is 0 Å². The van der Waals surface area contributed by atoms with E-state index < -0.39 is 11.8 Å². The van der Waals surface area contributed by atoms with Crippen molar-refractivity contribution in [3.63, 3.8) is 0 Å². The Morgan fingerprint density at radius 1 is 1.29 bits per heavy atom. The third-order valence-corrected chi connectivity index (χ3v) is 3.61. The van der Waals surface area contributed by atoms with Gasteiger partial charge in [0.05, 0.1) is 18.4 Å². The number of carbonyl (C=O) groups excluding carboxylic acids is 1. The molecule has 6 heteroatoms. The molecule has 0 saturated carbocycles. The van der Waals surface area contributed by atoms with Crippen molar-refractivity contribution < 1.29 is 23.5 Å². The number of ether oxygens (including phenoxy) is 2. The number of oxime groups is 1. The third-order valence-electron chi connectivity index (χ3n) is 3.61. The quantitative estimate of drug-likeness (QED) is 0.638. The number of fused-ring (bicyclic) bond motifs is 1. The zero-order valence-electron chi connectivity index (χ0n) is 13.3. The Morgan fingerprint density at radius 2 is 2.12 bits per heavy atom. The molecular weight excluding hydrogens is 313 g/mol. The molecule has 0 unspecified atom stereocenters. The highest BCUT2D eigenvalue weighted by Crippen LogP contribution is 2.31. The molecule has 0 radical (unpaired) electrons. The van der Waals surface area contributed by atoms with Gasteiger partial charge < -0.3 is 14.3 Å². The van der Waals surface area contributed by atoms with Crippen molar-refractivity contribution in [3.8, 4) is 11.5 Å². The first-order valence-electron chi connectivity index (χ1n) is 7.45. The van der Waals surface area contributed by atoms with Crippen molar-refractivity contribution in [2.45, 2.75) is 19.4 Å². The normalized spacial score (nSPS) is 17.8. The Balaban J connectivity index is 1.84. The summed E-state index contributed by atoms with van der Waals surface area (Å²) in [6.07, 6.45) is 0.381. The summed E-state index contributed by atoms with van der Waals surface area (Å²) in [5, 5.41) is 3.96. The molecule has 0 amide bonds. The topological polar surface area (TPSA) is 57.1 Å². The molecule has 5 nitrogen and oxygen atoms in total. The lowest BCUT2D eigenvalue weighted by molar-refractivity contribution is 0.0512. The van der Waals surface area contributed by atoms with Gasteiger partial charge in [-0.3, -0.25) is 0 Å². The van der Waals surface area contributed by atoms with Gasteiger partial charge in [0.25, 0.3) is 0 Å². The van der Waals surface area contributed by atoms with E-state index in [0.29, 0.717) is 23.6 Å². The molecule has 0 saturated heterocycles. The minimum atomic E-state index is -0.712. The molecule has 0 aliphatic carbocycles. The number of benzene rings is 2. The zero-order chi connectivity index (χ0) is 17.1. The van der Waals surface area contributed by atoms with Crippen molar-refractivity contribution in [2.75, 3.05) is 7.11 Å². The van der Waals surface area contributed by atoms with Gasteiger partial charge in [-0.1, -0.05) is 11.2 Å². The summed E-state index contributed by atoms with van der Waals surface area (Å²) in [4.78, 5) is 17.0. The molecule has 0 aromatic heterocycles. The third kappa shape index (κ3) is 3.37. The van der Waals surface area contributed by atoms with Gasteiger partial charge in [-0.25, -0.2) is 9.18 Å². The molecule has 0 fully saturated rings. The van der Waals surface area contributed by atoms with Crippen molar-refractivity contribution >= 4 is 11.7 Å². The molecule has 3 rings (SSSR count). The van der Waals surface area contributed by atoms with E-state index in [1.54, 1.807) is 25.3 Å². The van der Waals surface area contributed by atoms with Crippen LogP contribution in [0.5, 0.6) is 11.5 Å². The first kappa shape index (κ1) is 16.0. The van der Waals surface area contributed by atoms with Crippen LogP contribution in [0.15, 0.2) is 47.6 Å². The molecule has 0 N–H and O–H groups in total. The average molecular weight is 329 g/mol. The Kier molecular flexibility index (Phi) is 4.46. The van der Waals surface area contributed by atoms with Crippen LogP contribution >= 0.6 is 0 Å². The second kappa shape index (κ2) is 6.70. The van der Waals surface area contributed by atoms with Crippen LogP contribution < -0.4 is 9.47 Å². The number of halogens is 1. The Morgan fingerprint density at radius 3 is 2.88 bits per heavy atom. The number of nitrogens with zero attached hydrogens (tertiary/aromatic N) is 1. The van der Waals surface area contributed by atoms with E-state index >= 15 is 0 Å². The lowest BCUT2D eigenvalue weighted by Gasteiger charge is -2.24. The van der Waals surface area contributed by atoms with E-state index in [2.05, 4.69) is 5.16 Å².